The van der Waals surface area contributed by atoms with Gasteiger partial charge in [0.1, 0.15) is 5.75 Å². The molecule has 0 unspecified atom stereocenters. The molecule has 2 aliphatic rings. The van der Waals surface area contributed by atoms with E-state index in [1.165, 1.54) is 0 Å². The van der Waals surface area contributed by atoms with Gasteiger partial charge < -0.3 is 14.2 Å². The summed E-state index contributed by atoms with van der Waals surface area (Å²) >= 11 is 6.56. The number of rotatable bonds is 5. The standard InChI is InChI=1S/C25H23ClN2O3/c1-3-30-23-10-6-8-19-22-15-21(16-11-13-17(29-2)14-12-16)27-28(22)25(31-24(19)23)18-7-4-5-9-20(18)26/h4-14,22,25H,3,15H2,1-2H3/t22-,25+/m0/s1. The van der Waals surface area contributed by atoms with Crippen LogP contribution >= 0.6 is 11.6 Å². The van der Waals surface area contributed by atoms with Gasteiger partial charge in [0.25, 0.3) is 0 Å². The fourth-order valence-corrected chi connectivity index (χ4v) is 4.42. The van der Waals surface area contributed by atoms with Crippen LogP contribution in [-0.2, 0) is 0 Å². The van der Waals surface area contributed by atoms with E-state index in [1.54, 1.807) is 7.11 Å². The van der Waals surface area contributed by atoms with Gasteiger partial charge in [-0.25, -0.2) is 5.01 Å². The first-order valence-corrected chi connectivity index (χ1v) is 10.7. The van der Waals surface area contributed by atoms with Crippen molar-refractivity contribution in [1.29, 1.82) is 0 Å². The van der Waals surface area contributed by atoms with E-state index >= 15 is 0 Å². The van der Waals surface area contributed by atoms with Gasteiger partial charge in [0.2, 0.25) is 6.23 Å². The molecule has 0 N–H and O–H groups in total. The average Bonchev–Trinajstić information content (AvgIpc) is 3.25. The molecule has 5 rings (SSSR count). The SMILES string of the molecule is CCOc1cccc2c1O[C@H](c1ccccc1Cl)N1N=C(c3ccc(OC)cc3)C[C@@H]21. The summed E-state index contributed by atoms with van der Waals surface area (Å²) in [6.45, 7) is 2.54. The van der Waals surface area contributed by atoms with Gasteiger partial charge in [0.15, 0.2) is 11.5 Å². The van der Waals surface area contributed by atoms with E-state index in [2.05, 4.69) is 6.07 Å². The van der Waals surface area contributed by atoms with E-state index in [9.17, 15) is 0 Å². The van der Waals surface area contributed by atoms with E-state index in [0.29, 0.717) is 11.6 Å². The van der Waals surface area contributed by atoms with Gasteiger partial charge in [-0.15, -0.1) is 0 Å². The molecule has 3 aromatic rings. The van der Waals surface area contributed by atoms with Crippen LogP contribution in [0.25, 0.3) is 0 Å². The molecule has 0 aliphatic carbocycles. The Hall–Kier alpha value is -3.18. The molecular weight excluding hydrogens is 412 g/mol. The van der Waals surface area contributed by atoms with Crippen molar-refractivity contribution in [3.05, 3.63) is 88.4 Å². The number of halogens is 1. The summed E-state index contributed by atoms with van der Waals surface area (Å²) in [5, 5.41) is 7.67. The van der Waals surface area contributed by atoms with E-state index in [4.69, 9.17) is 30.9 Å². The zero-order valence-corrected chi connectivity index (χ0v) is 18.2. The number of para-hydroxylation sites is 1. The fourth-order valence-electron chi connectivity index (χ4n) is 4.19. The minimum Gasteiger partial charge on any atom is -0.497 e. The van der Waals surface area contributed by atoms with Crippen LogP contribution in [0.4, 0.5) is 0 Å². The Morgan fingerprint density at radius 3 is 2.55 bits per heavy atom. The largest absolute Gasteiger partial charge is 0.497 e. The van der Waals surface area contributed by atoms with Gasteiger partial charge >= 0.3 is 0 Å². The lowest BCUT2D eigenvalue weighted by Gasteiger charge is -2.39. The molecule has 2 aliphatic heterocycles. The molecule has 3 aromatic carbocycles. The Kier molecular flexibility index (Phi) is 5.20. The Bertz CT molecular complexity index is 1130. The smallest absolute Gasteiger partial charge is 0.215 e. The topological polar surface area (TPSA) is 43.3 Å². The van der Waals surface area contributed by atoms with Crippen LogP contribution < -0.4 is 14.2 Å². The first-order chi connectivity index (χ1) is 15.2. The van der Waals surface area contributed by atoms with Crippen molar-refractivity contribution in [2.24, 2.45) is 5.10 Å². The maximum Gasteiger partial charge on any atom is 0.215 e. The lowest BCUT2D eigenvalue weighted by Crippen LogP contribution is -2.34. The predicted octanol–water partition coefficient (Wildman–Crippen LogP) is 5.99. The van der Waals surface area contributed by atoms with Crippen molar-refractivity contribution in [3.8, 4) is 17.2 Å². The summed E-state index contributed by atoms with van der Waals surface area (Å²) in [5.41, 5.74) is 4.02. The predicted molar refractivity (Wildman–Crippen MR) is 121 cm³/mol. The first-order valence-electron chi connectivity index (χ1n) is 10.4. The molecular formula is C25H23ClN2O3. The van der Waals surface area contributed by atoms with Gasteiger partial charge in [0, 0.05) is 22.6 Å². The van der Waals surface area contributed by atoms with Gasteiger partial charge in [-0.1, -0.05) is 41.9 Å². The average molecular weight is 435 g/mol. The van der Waals surface area contributed by atoms with Gasteiger partial charge in [-0.05, 0) is 48.9 Å². The molecule has 5 nitrogen and oxygen atoms in total. The fraction of sp³-hybridized carbons (Fsp3) is 0.240. The summed E-state index contributed by atoms with van der Waals surface area (Å²) in [4.78, 5) is 0. The second-order valence-corrected chi connectivity index (χ2v) is 7.88. The highest BCUT2D eigenvalue weighted by Crippen LogP contribution is 2.51. The molecule has 0 bridgehead atoms. The van der Waals surface area contributed by atoms with Crippen LogP contribution in [0.1, 0.15) is 42.3 Å². The summed E-state index contributed by atoms with van der Waals surface area (Å²) in [6, 6.07) is 21.8. The van der Waals surface area contributed by atoms with E-state index in [1.807, 2.05) is 72.6 Å². The molecule has 0 fully saturated rings. The molecule has 2 heterocycles. The van der Waals surface area contributed by atoms with E-state index < -0.39 is 6.23 Å². The molecule has 0 amide bonds. The van der Waals surface area contributed by atoms with E-state index in [0.717, 1.165) is 46.1 Å². The Morgan fingerprint density at radius 2 is 1.81 bits per heavy atom. The minimum atomic E-state index is -0.441. The Labute approximate surface area is 186 Å². The maximum absolute atomic E-state index is 6.56. The third-order valence-electron chi connectivity index (χ3n) is 5.67. The molecule has 0 radical (unpaired) electrons. The molecule has 0 saturated carbocycles. The summed E-state index contributed by atoms with van der Waals surface area (Å²) in [6.07, 6.45) is 0.322. The number of fused-ring (bicyclic) bond motifs is 3. The molecule has 0 spiro atoms. The second-order valence-electron chi connectivity index (χ2n) is 7.47. The number of hydrogen-bond acceptors (Lipinski definition) is 5. The Morgan fingerprint density at radius 1 is 1.03 bits per heavy atom. The van der Waals surface area contributed by atoms with Crippen molar-refractivity contribution in [1.82, 2.24) is 5.01 Å². The molecule has 31 heavy (non-hydrogen) atoms. The lowest BCUT2D eigenvalue weighted by atomic mass is 9.95. The molecule has 2 atom stereocenters. The highest BCUT2D eigenvalue weighted by Gasteiger charge is 2.42. The molecule has 0 aromatic heterocycles. The highest BCUT2D eigenvalue weighted by atomic mass is 35.5. The number of nitrogens with zero attached hydrogens (tertiary/aromatic N) is 2. The van der Waals surface area contributed by atoms with Gasteiger partial charge in [0.05, 0.1) is 25.5 Å². The lowest BCUT2D eigenvalue weighted by molar-refractivity contribution is -0.0211. The number of benzene rings is 3. The molecule has 0 saturated heterocycles. The molecule has 6 heteroatoms. The van der Waals surface area contributed by atoms with Crippen LogP contribution in [0.2, 0.25) is 5.02 Å². The highest BCUT2D eigenvalue weighted by molar-refractivity contribution is 6.31. The van der Waals surface area contributed by atoms with Crippen molar-refractivity contribution in [2.75, 3.05) is 13.7 Å². The monoisotopic (exact) mass is 434 g/mol. The first kappa shape index (κ1) is 19.8. The number of methoxy groups -OCH3 is 1. The van der Waals surface area contributed by atoms with Crippen LogP contribution in [0.3, 0.4) is 0 Å². The minimum absolute atomic E-state index is 0.0301. The van der Waals surface area contributed by atoms with Crippen molar-refractivity contribution in [2.45, 2.75) is 25.6 Å². The van der Waals surface area contributed by atoms with Crippen molar-refractivity contribution >= 4 is 17.3 Å². The van der Waals surface area contributed by atoms with Crippen molar-refractivity contribution < 1.29 is 14.2 Å². The maximum atomic E-state index is 6.56. The number of ether oxygens (including phenoxy) is 3. The third-order valence-corrected chi connectivity index (χ3v) is 6.02. The van der Waals surface area contributed by atoms with Crippen LogP contribution in [0.5, 0.6) is 17.2 Å². The summed E-state index contributed by atoms with van der Waals surface area (Å²) < 4.78 is 17.7. The van der Waals surface area contributed by atoms with Crippen LogP contribution in [0.15, 0.2) is 71.8 Å². The number of hydrogen-bond donors (Lipinski definition) is 0. The zero-order valence-electron chi connectivity index (χ0n) is 17.4. The van der Waals surface area contributed by atoms with Gasteiger partial charge in [-0.2, -0.15) is 5.10 Å². The third kappa shape index (κ3) is 3.49. The quantitative estimate of drug-likeness (QED) is 0.494. The molecule has 158 valence electrons. The Balaban J connectivity index is 1.60. The second kappa shape index (κ2) is 8.16. The number of hydrazone groups is 1. The van der Waals surface area contributed by atoms with Crippen molar-refractivity contribution in [3.63, 3.8) is 0 Å². The summed E-state index contributed by atoms with van der Waals surface area (Å²) in [5.74, 6) is 2.33. The van der Waals surface area contributed by atoms with Crippen LogP contribution in [-0.4, -0.2) is 24.4 Å². The van der Waals surface area contributed by atoms with Crippen LogP contribution in [0, 0.1) is 0 Å². The summed E-state index contributed by atoms with van der Waals surface area (Å²) in [7, 11) is 1.67. The normalized spacial score (nSPS) is 19.2. The van der Waals surface area contributed by atoms with E-state index in [-0.39, 0.29) is 6.04 Å². The zero-order chi connectivity index (χ0) is 21.4. The van der Waals surface area contributed by atoms with Gasteiger partial charge in [-0.3, -0.25) is 0 Å².